The quantitative estimate of drug-likeness (QED) is 0.905. The van der Waals surface area contributed by atoms with Crippen LogP contribution in [0.1, 0.15) is 28.3 Å². The number of halogens is 1. The van der Waals surface area contributed by atoms with Crippen LogP contribution in [0, 0.1) is 0 Å². The Morgan fingerprint density at radius 2 is 2.17 bits per heavy atom. The summed E-state index contributed by atoms with van der Waals surface area (Å²) in [5.41, 5.74) is 6.28. The lowest BCUT2D eigenvalue weighted by Crippen LogP contribution is -2.26. The van der Waals surface area contributed by atoms with Crippen LogP contribution in [0.5, 0.6) is 0 Å². The normalized spacial score (nSPS) is 12.1. The van der Waals surface area contributed by atoms with E-state index >= 15 is 0 Å². The Labute approximate surface area is 113 Å². The van der Waals surface area contributed by atoms with Crippen LogP contribution in [-0.2, 0) is 0 Å². The van der Waals surface area contributed by atoms with E-state index in [9.17, 15) is 4.79 Å². The molecule has 5 nitrogen and oxygen atoms in total. The molecule has 0 fully saturated rings. The summed E-state index contributed by atoms with van der Waals surface area (Å²) in [4.78, 5) is 11.9. The molecule has 0 radical (unpaired) electrons. The molecule has 1 aromatic heterocycles. The number of nitrogens with one attached hydrogen (secondary N) is 1. The summed E-state index contributed by atoms with van der Waals surface area (Å²) >= 11 is 7.10. The van der Waals surface area contributed by atoms with Gasteiger partial charge in [-0.2, -0.15) is 0 Å². The van der Waals surface area contributed by atoms with Gasteiger partial charge in [0.1, 0.15) is 0 Å². The van der Waals surface area contributed by atoms with Gasteiger partial charge in [-0.05, 0) is 18.6 Å². The fourth-order valence-corrected chi connectivity index (χ4v) is 2.30. The number of nitrogens with zero attached hydrogens (tertiary/aromatic N) is 2. The van der Waals surface area contributed by atoms with Crippen LogP contribution in [0.2, 0.25) is 5.02 Å². The van der Waals surface area contributed by atoms with Gasteiger partial charge in [0.15, 0.2) is 0 Å². The van der Waals surface area contributed by atoms with E-state index < -0.39 is 0 Å². The standard InChI is InChI=1S/C11H11ClN4OS/c1-6(7-4-2-3-5-8(7)12)14-9(17)10-15-16-11(13)18-10/h2-6H,1H3,(H2,13,16)(H,14,17). The van der Waals surface area contributed by atoms with E-state index in [1.807, 2.05) is 25.1 Å². The minimum Gasteiger partial charge on any atom is -0.374 e. The van der Waals surface area contributed by atoms with Crippen LogP contribution in [0.15, 0.2) is 24.3 Å². The van der Waals surface area contributed by atoms with Gasteiger partial charge >= 0.3 is 0 Å². The van der Waals surface area contributed by atoms with E-state index in [0.717, 1.165) is 16.9 Å². The second kappa shape index (κ2) is 5.32. The molecule has 0 aliphatic carbocycles. The summed E-state index contributed by atoms with van der Waals surface area (Å²) in [5, 5.41) is 11.2. The molecule has 0 aliphatic heterocycles. The molecule has 1 amide bonds. The fraction of sp³-hybridized carbons (Fsp3) is 0.182. The Balaban J connectivity index is 2.10. The van der Waals surface area contributed by atoms with Gasteiger partial charge < -0.3 is 11.1 Å². The van der Waals surface area contributed by atoms with Gasteiger partial charge in [0.05, 0.1) is 6.04 Å². The third-order valence-corrected chi connectivity index (χ3v) is 3.45. The lowest BCUT2D eigenvalue weighted by molar-refractivity contribution is 0.0939. The molecule has 0 aliphatic rings. The van der Waals surface area contributed by atoms with E-state index in [4.69, 9.17) is 17.3 Å². The van der Waals surface area contributed by atoms with Crippen molar-refractivity contribution in [3.63, 3.8) is 0 Å². The average molecular weight is 283 g/mol. The molecule has 94 valence electrons. The highest BCUT2D eigenvalue weighted by molar-refractivity contribution is 7.16. The Morgan fingerprint density at radius 1 is 1.44 bits per heavy atom. The number of hydrogen-bond donors (Lipinski definition) is 2. The van der Waals surface area contributed by atoms with Crippen molar-refractivity contribution in [3.8, 4) is 0 Å². The predicted molar refractivity (Wildman–Crippen MR) is 71.7 cm³/mol. The molecule has 0 bridgehead atoms. The van der Waals surface area contributed by atoms with Gasteiger partial charge in [0.2, 0.25) is 10.1 Å². The Morgan fingerprint density at radius 3 is 2.78 bits per heavy atom. The third-order valence-electron chi connectivity index (χ3n) is 2.35. The van der Waals surface area contributed by atoms with Crippen LogP contribution in [0.25, 0.3) is 0 Å². The number of anilines is 1. The summed E-state index contributed by atoms with van der Waals surface area (Å²) in [7, 11) is 0. The minimum atomic E-state index is -0.309. The Kier molecular flexibility index (Phi) is 3.78. The molecule has 0 saturated carbocycles. The van der Waals surface area contributed by atoms with Crippen molar-refractivity contribution in [1.82, 2.24) is 15.5 Å². The van der Waals surface area contributed by atoms with Crippen molar-refractivity contribution in [2.24, 2.45) is 0 Å². The third kappa shape index (κ3) is 2.77. The molecule has 18 heavy (non-hydrogen) atoms. The second-order valence-corrected chi connectivity index (χ2v) is 5.08. The first-order chi connectivity index (χ1) is 8.58. The Bertz CT molecular complexity index is 572. The number of nitrogens with two attached hydrogens (primary N) is 1. The van der Waals surface area contributed by atoms with Gasteiger partial charge in [-0.25, -0.2) is 0 Å². The van der Waals surface area contributed by atoms with Crippen LogP contribution in [0.3, 0.4) is 0 Å². The lowest BCUT2D eigenvalue weighted by Gasteiger charge is -2.14. The zero-order valence-electron chi connectivity index (χ0n) is 9.55. The van der Waals surface area contributed by atoms with Gasteiger partial charge in [-0.1, -0.05) is 41.1 Å². The topological polar surface area (TPSA) is 80.9 Å². The van der Waals surface area contributed by atoms with Crippen LogP contribution >= 0.6 is 22.9 Å². The van der Waals surface area contributed by atoms with Crippen molar-refractivity contribution >= 4 is 34.0 Å². The molecular formula is C11H11ClN4OS. The van der Waals surface area contributed by atoms with Gasteiger partial charge in [-0.15, -0.1) is 10.2 Å². The maximum atomic E-state index is 11.9. The van der Waals surface area contributed by atoms with Gasteiger partial charge in [0.25, 0.3) is 5.91 Å². The number of carbonyl (C=O) groups excluding carboxylic acids is 1. The molecule has 7 heteroatoms. The van der Waals surface area contributed by atoms with Crippen LogP contribution < -0.4 is 11.1 Å². The zero-order valence-corrected chi connectivity index (χ0v) is 11.1. The molecule has 1 aromatic carbocycles. The summed E-state index contributed by atoms with van der Waals surface area (Å²) in [6.45, 7) is 1.85. The zero-order chi connectivity index (χ0) is 13.1. The molecule has 1 atom stereocenters. The number of nitrogen functional groups attached to an aromatic ring is 1. The molecular weight excluding hydrogens is 272 g/mol. The van der Waals surface area contributed by atoms with E-state index in [1.165, 1.54) is 0 Å². The molecule has 2 aromatic rings. The molecule has 2 rings (SSSR count). The van der Waals surface area contributed by atoms with E-state index in [0.29, 0.717) is 5.02 Å². The first kappa shape index (κ1) is 12.8. The van der Waals surface area contributed by atoms with Crippen molar-refractivity contribution in [2.75, 3.05) is 5.73 Å². The van der Waals surface area contributed by atoms with Crippen molar-refractivity contribution in [2.45, 2.75) is 13.0 Å². The summed E-state index contributed by atoms with van der Waals surface area (Å²) in [6, 6.07) is 7.14. The van der Waals surface area contributed by atoms with Crippen LogP contribution in [-0.4, -0.2) is 16.1 Å². The Hall–Kier alpha value is -1.66. The SMILES string of the molecule is CC(NC(=O)c1nnc(N)s1)c1ccccc1Cl. The average Bonchev–Trinajstić information content (AvgIpc) is 2.76. The second-order valence-electron chi connectivity index (χ2n) is 3.66. The monoisotopic (exact) mass is 282 g/mol. The number of hydrogen-bond acceptors (Lipinski definition) is 5. The predicted octanol–water partition coefficient (Wildman–Crippen LogP) is 2.26. The van der Waals surface area contributed by atoms with Gasteiger partial charge in [-0.3, -0.25) is 4.79 Å². The highest BCUT2D eigenvalue weighted by Crippen LogP contribution is 2.22. The highest BCUT2D eigenvalue weighted by atomic mass is 35.5. The van der Waals surface area contributed by atoms with E-state index in [1.54, 1.807) is 6.07 Å². The fourth-order valence-electron chi connectivity index (χ4n) is 1.49. The highest BCUT2D eigenvalue weighted by Gasteiger charge is 2.16. The molecule has 0 saturated heterocycles. The number of rotatable bonds is 3. The maximum absolute atomic E-state index is 11.9. The lowest BCUT2D eigenvalue weighted by atomic mass is 10.1. The molecule has 1 heterocycles. The molecule has 3 N–H and O–H groups in total. The molecule has 1 unspecified atom stereocenters. The number of aromatic nitrogens is 2. The van der Waals surface area contributed by atoms with Crippen molar-refractivity contribution < 1.29 is 4.79 Å². The van der Waals surface area contributed by atoms with E-state index in [2.05, 4.69) is 15.5 Å². The van der Waals surface area contributed by atoms with E-state index in [-0.39, 0.29) is 22.1 Å². The largest absolute Gasteiger partial charge is 0.374 e. The minimum absolute atomic E-state index is 0.212. The van der Waals surface area contributed by atoms with Crippen LogP contribution in [0.4, 0.5) is 5.13 Å². The summed E-state index contributed by atoms with van der Waals surface area (Å²) in [6.07, 6.45) is 0. The number of benzene rings is 1. The number of amides is 1. The maximum Gasteiger partial charge on any atom is 0.282 e. The first-order valence-corrected chi connectivity index (χ1v) is 6.41. The first-order valence-electron chi connectivity index (χ1n) is 5.22. The van der Waals surface area contributed by atoms with Crippen molar-refractivity contribution in [1.29, 1.82) is 0 Å². The summed E-state index contributed by atoms with van der Waals surface area (Å²) in [5.74, 6) is -0.309. The van der Waals surface area contributed by atoms with Crippen molar-refractivity contribution in [3.05, 3.63) is 39.9 Å². The smallest absolute Gasteiger partial charge is 0.282 e. The molecule has 0 spiro atoms. The van der Waals surface area contributed by atoms with Gasteiger partial charge in [0, 0.05) is 5.02 Å². The number of carbonyl (C=O) groups is 1. The summed E-state index contributed by atoms with van der Waals surface area (Å²) < 4.78 is 0.